The number of ether oxygens (including phenoxy) is 1. The molecule has 1 aromatic carbocycles. The molecule has 1 saturated carbocycles. The Hall–Kier alpha value is -1.81. The highest BCUT2D eigenvalue weighted by Crippen LogP contribution is 2.29. The molecular formula is C16H19FN3O2P. The molecule has 0 aliphatic heterocycles. The first-order chi connectivity index (χ1) is 11.0. The van der Waals surface area contributed by atoms with E-state index in [0.29, 0.717) is 29.5 Å². The molecule has 1 aliphatic rings. The predicted octanol–water partition coefficient (Wildman–Crippen LogP) is 2.19. The summed E-state index contributed by atoms with van der Waals surface area (Å²) in [4.78, 5) is 16.0. The maximum atomic E-state index is 14.1. The summed E-state index contributed by atoms with van der Waals surface area (Å²) in [6.45, 7) is 2.36. The van der Waals surface area contributed by atoms with Gasteiger partial charge >= 0.3 is 5.97 Å². The van der Waals surface area contributed by atoms with Crippen LogP contribution in [0.2, 0.25) is 0 Å². The minimum Gasteiger partial charge on any atom is -0.465 e. The molecule has 0 bridgehead atoms. The number of nitrogens with zero attached hydrogens (tertiary/aromatic N) is 3. The van der Waals surface area contributed by atoms with Gasteiger partial charge < -0.3 is 4.74 Å². The van der Waals surface area contributed by atoms with Crippen molar-refractivity contribution >= 4 is 20.1 Å². The molecule has 1 heterocycles. The number of halogens is 1. The van der Waals surface area contributed by atoms with E-state index in [-0.39, 0.29) is 26.5 Å². The zero-order chi connectivity index (χ0) is 16.4. The molecule has 0 spiro atoms. The summed E-state index contributed by atoms with van der Waals surface area (Å²) in [5.41, 5.74) is 1.82. The monoisotopic (exact) mass is 335 g/mol. The summed E-state index contributed by atoms with van der Waals surface area (Å²) < 4.78 is 20.8. The van der Waals surface area contributed by atoms with Crippen molar-refractivity contribution in [3.8, 4) is 11.4 Å². The molecule has 1 fully saturated rings. The van der Waals surface area contributed by atoms with E-state index in [2.05, 4.69) is 10.1 Å². The van der Waals surface area contributed by atoms with E-state index in [9.17, 15) is 9.18 Å². The summed E-state index contributed by atoms with van der Waals surface area (Å²) in [5, 5.41) is 4.27. The van der Waals surface area contributed by atoms with Crippen LogP contribution in [0.5, 0.6) is 0 Å². The lowest BCUT2D eigenvalue weighted by atomic mass is 10.1. The Morgan fingerprint density at radius 2 is 2.26 bits per heavy atom. The molecule has 3 rings (SSSR count). The fourth-order valence-corrected chi connectivity index (χ4v) is 3.00. The molecule has 1 atom stereocenters. The van der Waals surface area contributed by atoms with E-state index < -0.39 is 0 Å². The van der Waals surface area contributed by atoms with Crippen LogP contribution in [0.25, 0.3) is 11.4 Å². The van der Waals surface area contributed by atoms with Crippen molar-refractivity contribution in [3.05, 3.63) is 29.6 Å². The Kier molecular flexibility index (Phi) is 4.71. The second kappa shape index (κ2) is 6.75. The van der Waals surface area contributed by atoms with Gasteiger partial charge in [-0.25, -0.2) is 14.1 Å². The number of esters is 1. The molecule has 122 valence electrons. The van der Waals surface area contributed by atoms with E-state index >= 15 is 0 Å². The Morgan fingerprint density at radius 3 is 2.96 bits per heavy atom. The van der Waals surface area contributed by atoms with Crippen LogP contribution in [0.15, 0.2) is 18.2 Å². The molecule has 23 heavy (non-hydrogen) atoms. The van der Waals surface area contributed by atoms with E-state index in [4.69, 9.17) is 4.74 Å². The Labute approximate surface area is 136 Å². The molecule has 1 aromatic heterocycles. The number of carbonyl (C=O) groups excluding carboxylic acids is 1. The van der Waals surface area contributed by atoms with Gasteiger partial charge in [-0.05, 0) is 52.0 Å². The van der Waals surface area contributed by atoms with E-state index in [1.165, 1.54) is 6.07 Å². The Morgan fingerprint density at radius 1 is 1.48 bits per heavy atom. The van der Waals surface area contributed by atoms with Crippen molar-refractivity contribution < 1.29 is 13.9 Å². The molecule has 0 N–H and O–H groups in total. The van der Waals surface area contributed by atoms with Crippen molar-refractivity contribution in [1.29, 1.82) is 0 Å². The number of carbonyl (C=O) groups is 1. The van der Waals surface area contributed by atoms with Crippen LogP contribution in [-0.2, 0) is 16.6 Å². The molecule has 0 radical (unpaired) electrons. The molecule has 5 nitrogen and oxygen atoms in total. The van der Waals surface area contributed by atoms with Crippen molar-refractivity contribution in [2.45, 2.75) is 19.8 Å². The largest absolute Gasteiger partial charge is 0.465 e. The van der Waals surface area contributed by atoms with Gasteiger partial charge in [0.1, 0.15) is 5.82 Å². The highest BCUT2D eigenvalue weighted by Gasteiger charge is 2.23. The fraction of sp³-hybridized carbons (Fsp3) is 0.438. The number of hydrogen-bond donors (Lipinski definition) is 0. The molecule has 1 aliphatic carbocycles. The Bertz CT molecular complexity index is 728. The molecule has 0 amide bonds. The van der Waals surface area contributed by atoms with Gasteiger partial charge in [0.05, 0.1) is 18.3 Å². The molecule has 7 heteroatoms. The van der Waals surface area contributed by atoms with Gasteiger partial charge in [0.2, 0.25) is 0 Å². The molecular weight excluding hydrogens is 316 g/mol. The molecule has 2 aromatic rings. The van der Waals surface area contributed by atoms with Gasteiger partial charge in [-0.15, -0.1) is 0 Å². The highest BCUT2D eigenvalue weighted by molar-refractivity contribution is 7.47. The van der Waals surface area contributed by atoms with Gasteiger partial charge in [0.25, 0.3) is 0 Å². The zero-order valence-corrected chi connectivity index (χ0v) is 14.2. The highest BCUT2D eigenvalue weighted by atomic mass is 31.1. The Balaban J connectivity index is 1.64. The minimum absolute atomic E-state index is 0.125. The van der Waals surface area contributed by atoms with Crippen molar-refractivity contribution in [2.75, 3.05) is 12.8 Å². The number of rotatable bonds is 6. The number of aromatic nitrogens is 3. The van der Waals surface area contributed by atoms with Gasteiger partial charge in [-0.2, -0.15) is 5.10 Å². The van der Waals surface area contributed by atoms with E-state index in [0.717, 1.165) is 18.4 Å². The summed E-state index contributed by atoms with van der Waals surface area (Å²) in [6, 6.07) is 5.01. The van der Waals surface area contributed by atoms with Crippen LogP contribution in [0.1, 0.15) is 18.4 Å². The number of aryl methyl sites for hydroxylation is 2. The lowest BCUT2D eigenvalue weighted by molar-refractivity contribution is -0.140. The zero-order valence-electron chi connectivity index (χ0n) is 13.2. The first-order valence-electron chi connectivity index (χ1n) is 7.60. The van der Waals surface area contributed by atoms with Crippen LogP contribution >= 0.6 is 8.58 Å². The summed E-state index contributed by atoms with van der Waals surface area (Å²) in [7, 11) is 1.85. The van der Waals surface area contributed by atoms with Crippen LogP contribution in [0.3, 0.4) is 0 Å². The van der Waals surface area contributed by atoms with Crippen LogP contribution < -0.4 is 5.57 Å². The van der Waals surface area contributed by atoms with Gasteiger partial charge in [0.15, 0.2) is 11.4 Å². The third-order valence-corrected chi connectivity index (χ3v) is 4.69. The maximum Gasteiger partial charge on any atom is 0.310 e. The van der Waals surface area contributed by atoms with Crippen molar-refractivity contribution in [1.82, 2.24) is 14.8 Å². The predicted molar refractivity (Wildman–Crippen MR) is 87.6 cm³/mol. The number of benzene rings is 1. The van der Waals surface area contributed by atoms with E-state index in [1.807, 2.05) is 13.0 Å². The van der Waals surface area contributed by atoms with Crippen LogP contribution in [0, 0.1) is 18.7 Å². The van der Waals surface area contributed by atoms with Crippen LogP contribution in [-0.4, -0.2) is 33.5 Å². The van der Waals surface area contributed by atoms with Crippen molar-refractivity contribution in [2.24, 2.45) is 13.0 Å². The van der Waals surface area contributed by atoms with Crippen molar-refractivity contribution in [3.63, 3.8) is 0 Å². The number of hydrogen-bond acceptors (Lipinski definition) is 4. The topological polar surface area (TPSA) is 57.0 Å². The lowest BCUT2D eigenvalue weighted by Crippen LogP contribution is -2.12. The minimum atomic E-state index is -0.320. The smallest absolute Gasteiger partial charge is 0.310 e. The molecule has 0 saturated heterocycles. The van der Waals surface area contributed by atoms with Gasteiger partial charge in [0, 0.05) is 7.05 Å². The normalized spacial score (nSPS) is 14.6. The standard InChI is InChI=1S/C16H19FN3O2P/c1-10-3-6-12(13(17)7-10)15-18-16(19-20(15)2)23-9-14(21)22-8-11-4-5-11/h3,6-7,11,23H,4-5,8-9H2,1-2H3. The van der Waals surface area contributed by atoms with Crippen LogP contribution in [0.4, 0.5) is 4.39 Å². The fourth-order valence-electron chi connectivity index (χ4n) is 2.19. The first-order valence-corrected chi connectivity index (χ1v) is 8.80. The average Bonchev–Trinajstić information content (AvgIpc) is 3.26. The maximum absolute atomic E-state index is 14.1. The third-order valence-electron chi connectivity index (χ3n) is 3.70. The van der Waals surface area contributed by atoms with Gasteiger partial charge in [-0.3, -0.25) is 4.79 Å². The third kappa shape index (κ3) is 4.14. The second-order valence-electron chi connectivity index (χ2n) is 5.85. The van der Waals surface area contributed by atoms with Gasteiger partial charge in [-0.1, -0.05) is 6.07 Å². The average molecular weight is 335 g/mol. The summed E-state index contributed by atoms with van der Waals surface area (Å²) >= 11 is 0. The second-order valence-corrected chi connectivity index (χ2v) is 7.00. The van der Waals surface area contributed by atoms with E-state index in [1.54, 1.807) is 17.8 Å². The summed E-state index contributed by atoms with van der Waals surface area (Å²) in [6.07, 6.45) is 2.58. The summed E-state index contributed by atoms with van der Waals surface area (Å²) in [5.74, 6) is 0.493. The molecule has 1 unspecified atom stereocenters. The first kappa shape index (κ1) is 16.1. The SMILES string of the molecule is Cc1ccc(-c2nc(PCC(=O)OCC3CC3)nn2C)c(F)c1. The quantitative estimate of drug-likeness (QED) is 0.600. The lowest BCUT2D eigenvalue weighted by Gasteiger charge is -2.02.